The Hall–Kier alpha value is -4.78. The number of carbonyl (C=O) groups excluding carboxylic acids is 4. The standard InChI is InChI=1S/C29H19NO6/c31-26(19-8-7-18-12-17-4-1-2-6-22(17)24(18)13-19)16-36-29(34)20-9-10-23-25(14-20)28(33)30(27(23)32)15-21-5-3-11-35-21/h1-11,13-14H,12,15-16H2. The number of benzene rings is 3. The molecular formula is C29H19NO6. The number of rotatable bonds is 6. The minimum absolute atomic E-state index is 0.00111. The highest BCUT2D eigenvalue weighted by atomic mass is 16.5. The maximum atomic E-state index is 12.8. The fourth-order valence-electron chi connectivity index (χ4n) is 4.71. The van der Waals surface area contributed by atoms with E-state index in [0.717, 1.165) is 28.0 Å². The predicted octanol–water partition coefficient (Wildman–Crippen LogP) is 4.69. The Morgan fingerprint density at radius 2 is 1.53 bits per heavy atom. The molecule has 1 aliphatic heterocycles. The van der Waals surface area contributed by atoms with Crippen LogP contribution in [-0.2, 0) is 17.7 Å². The molecule has 36 heavy (non-hydrogen) atoms. The van der Waals surface area contributed by atoms with E-state index in [2.05, 4.69) is 6.07 Å². The number of carbonyl (C=O) groups is 4. The van der Waals surface area contributed by atoms with Gasteiger partial charge in [0.25, 0.3) is 11.8 Å². The van der Waals surface area contributed by atoms with Crippen LogP contribution in [0.25, 0.3) is 11.1 Å². The lowest BCUT2D eigenvalue weighted by molar-refractivity contribution is 0.0474. The van der Waals surface area contributed by atoms with Gasteiger partial charge in [-0.05, 0) is 65.1 Å². The third kappa shape index (κ3) is 3.62. The number of esters is 1. The van der Waals surface area contributed by atoms with Crippen molar-refractivity contribution in [3.05, 3.63) is 118 Å². The Labute approximate surface area is 205 Å². The summed E-state index contributed by atoms with van der Waals surface area (Å²) >= 11 is 0. The monoisotopic (exact) mass is 477 g/mol. The lowest BCUT2D eigenvalue weighted by Gasteiger charge is -2.11. The summed E-state index contributed by atoms with van der Waals surface area (Å²) in [6.07, 6.45) is 2.29. The molecule has 1 aromatic heterocycles. The van der Waals surface area contributed by atoms with Crippen molar-refractivity contribution in [2.24, 2.45) is 0 Å². The van der Waals surface area contributed by atoms with Gasteiger partial charge in [0.15, 0.2) is 12.4 Å². The Kier molecular flexibility index (Phi) is 5.11. The van der Waals surface area contributed by atoms with Gasteiger partial charge in [-0.2, -0.15) is 0 Å². The fourth-order valence-corrected chi connectivity index (χ4v) is 4.71. The van der Waals surface area contributed by atoms with Crippen molar-refractivity contribution in [2.45, 2.75) is 13.0 Å². The molecular weight excluding hydrogens is 458 g/mol. The second-order valence-corrected chi connectivity index (χ2v) is 8.74. The number of hydrogen-bond acceptors (Lipinski definition) is 6. The summed E-state index contributed by atoms with van der Waals surface area (Å²) in [5.41, 5.74) is 5.37. The van der Waals surface area contributed by atoms with Crippen molar-refractivity contribution in [3.8, 4) is 11.1 Å². The quantitative estimate of drug-likeness (QED) is 0.200. The molecule has 4 aromatic rings. The van der Waals surface area contributed by atoms with Crippen LogP contribution in [0.5, 0.6) is 0 Å². The molecule has 0 saturated carbocycles. The summed E-state index contributed by atoms with van der Waals surface area (Å²) < 4.78 is 10.5. The minimum Gasteiger partial charge on any atom is -0.467 e. The normalized spacial score (nSPS) is 13.4. The molecule has 0 fully saturated rings. The molecule has 1 aliphatic carbocycles. The second-order valence-electron chi connectivity index (χ2n) is 8.74. The van der Waals surface area contributed by atoms with Gasteiger partial charge in [0.1, 0.15) is 5.76 Å². The van der Waals surface area contributed by atoms with Gasteiger partial charge in [-0.15, -0.1) is 0 Å². The number of furan rings is 1. The zero-order valence-electron chi connectivity index (χ0n) is 19.0. The molecule has 7 heteroatoms. The van der Waals surface area contributed by atoms with Gasteiger partial charge < -0.3 is 9.15 Å². The number of ether oxygens (including phenoxy) is 1. The SMILES string of the molecule is O=C(COC(=O)c1ccc2c(c1)C(=O)N(Cc1ccco1)C2=O)c1ccc2c(c1)-c1ccccc1C2. The highest BCUT2D eigenvalue weighted by molar-refractivity contribution is 6.21. The first-order valence-corrected chi connectivity index (χ1v) is 11.4. The van der Waals surface area contributed by atoms with Crippen LogP contribution in [0.15, 0.2) is 83.5 Å². The largest absolute Gasteiger partial charge is 0.467 e. The number of fused-ring (bicyclic) bond motifs is 4. The molecule has 3 aromatic carbocycles. The Bertz CT molecular complexity index is 1570. The predicted molar refractivity (Wildman–Crippen MR) is 129 cm³/mol. The van der Waals surface area contributed by atoms with Gasteiger partial charge in [-0.25, -0.2) is 4.79 Å². The van der Waals surface area contributed by atoms with E-state index in [-0.39, 0.29) is 29.0 Å². The number of Topliss-reactive ketones (excluding diaryl/α,β-unsaturated/α-hetero) is 1. The molecule has 0 saturated heterocycles. The van der Waals surface area contributed by atoms with Gasteiger partial charge in [-0.3, -0.25) is 19.3 Å². The molecule has 0 bridgehead atoms. The van der Waals surface area contributed by atoms with E-state index in [4.69, 9.17) is 9.15 Å². The maximum absolute atomic E-state index is 12.8. The first kappa shape index (κ1) is 21.7. The number of imide groups is 1. The van der Waals surface area contributed by atoms with E-state index >= 15 is 0 Å². The van der Waals surface area contributed by atoms with Crippen molar-refractivity contribution < 1.29 is 28.3 Å². The second kappa shape index (κ2) is 8.46. The zero-order chi connectivity index (χ0) is 24.8. The van der Waals surface area contributed by atoms with Crippen LogP contribution in [0.2, 0.25) is 0 Å². The van der Waals surface area contributed by atoms with E-state index < -0.39 is 24.4 Å². The van der Waals surface area contributed by atoms with E-state index in [1.54, 1.807) is 18.2 Å². The van der Waals surface area contributed by atoms with Crippen molar-refractivity contribution >= 4 is 23.6 Å². The molecule has 0 spiro atoms. The van der Waals surface area contributed by atoms with Crippen molar-refractivity contribution in [3.63, 3.8) is 0 Å². The van der Waals surface area contributed by atoms with Gasteiger partial charge in [0, 0.05) is 5.56 Å². The third-order valence-electron chi connectivity index (χ3n) is 6.56. The van der Waals surface area contributed by atoms with Gasteiger partial charge in [0.05, 0.1) is 29.5 Å². The van der Waals surface area contributed by atoms with E-state index in [1.807, 2.05) is 30.3 Å². The first-order valence-electron chi connectivity index (χ1n) is 11.4. The van der Waals surface area contributed by atoms with Crippen LogP contribution in [0, 0.1) is 0 Å². The number of amides is 2. The number of nitrogens with zero attached hydrogens (tertiary/aromatic N) is 1. The van der Waals surface area contributed by atoms with E-state index in [0.29, 0.717) is 11.3 Å². The highest BCUT2D eigenvalue weighted by Crippen LogP contribution is 2.37. The summed E-state index contributed by atoms with van der Waals surface area (Å²) in [6, 6.07) is 21.1. The van der Waals surface area contributed by atoms with Crippen molar-refractivity contribution in [1.82, 2.24) is 4.90 Å². The van der Waals surface area contributed by atoms with Crippen LogP contribution < -0.4 is 0 Å². The topological polar surface area (TPSA) is 93.9 Å². The van der Waals surface area contributed by atoms with Gasteiger partial charge in [-0.1, -0.05) is 36.4 Å². The van der Waals surface area contributed by atoms with Crippen LogP contribution in [0.3, 0.4) is 0 Å². The van der Waals surface area contributed by atoms with Crippen molar-refractivity contribution in [2.75, 3.05) is 6.61 Å². The number of hydrogen-bond donors (Lipinski definition) is 0. The Balaban J connectivity index is 1.15. The molecule has 176 valence electrons. The third-order valence-corrected chi connectivity index (χ3v) is 6.56. The average molecular weight is 477 g/mol. The summed E-state index contributed by atoms with van der Waals surface area (Å²) in [5.74, 6) is -1.58. The minimum atomic E-state index is -0.748. The summed E-state index contributed by atoms with van der Waals surface area (Å²) in [7, 11) is 0. The zero-order valence-corrected chi connectivity index (χ0v) is 19.0. The summed E-state index contributed by atoms with van der Waals surface area (Å²) in [4.78, 5) is 51.9. The van der Waals surface area contributed by atoms with E-state index in [9.17, 15) is 19.2 Å². The number of ketones is 1. The first-order chi connectivity index (χ1) is 17.5. The van der Waals surface area contributed by atoms with Gasteiger partial charge in [0.2, 0.25) is 0 Å². The Morgan fingerprint density at radius 1 is 0.778 bits per heavy atom. The van der Waals surface area contributed by atoms with Crippen LogP contribution in [0.1, 0.15) is 58.3 Å². The van der Waals surface area contributed by atoms with Crippen molar-refractivity contribution in [1.29, 1.82) is 0 Å². The molecule has 2 aliphatic rings. The van der Waals surface area contributed by atoms with Crippen LogP contribution in [0.4, 0.5) is 0 Å². The Morgan fingerprint density at radius 3 is 2.36 bits per heavy atom. The highest BCUT2D eigenvalue weighted by Gasteiger charge is 2.36. The van der Waals surface area contributed by atoms with Crippen LogP contribution >= 0.6 is 0 Å². The molecule has 0 radical (unpaired) electrons. The average Bonchev–Trinajstić information content (AvgIpc) is 3.61. The van der Waals surface area contributed by atoms with Crippen LogP contribution in [-0.4, -0.2) is 35.1 Å². The maximum Gasteiger partial charge on any atom is 0.338 e. The lowest BCUT2D eigenvalue weighted by Crippen LogP contribution is -2.28. The van der Waals surface area contributed by atoms with Gasteiger partial charge >= 0.3 is 5.97 Å². The molecule has 6 rings (SSSR count). The molecule has 2 heterocycles. The molecule has 0 unspecified atom stereocenters. The smallest absolute Gasteiger partial charge is 0.338 e. The molecule has 7 nitrogen and oxygen atoms in total. The fraction of sp³-hybridized carbons (Fsp3) is 0.103. The summed E-state index contributed by atoms with van der Waals surface area (Å²) in [5, 5.41) is 0. The summed E-state index contributed by atoms with van der Waals surface area (Å²) in [6.45, 7) is -0.438. The molecule has 0 atom stereocenters. The molecule has 0 N–H and O–H groups in total. The van der Waals surface area contributed by atoms with E-state index in [1.165, 1.54) is 30.0 Å². The lowest BCUT2D eigenvalue weighted by atomic mass is 10.0. The molecule has 2 amide bonds.